The molecule has 0 unspecified atom stereocenters. The lowest BCUT2D eigenvalue weighted by Gasteiger charge is -2.23. The summed E-state index contributed by atoms with van der Waals surface area (Å²) in [5.74, 6) is -0.547. The lowest BCUT2D eigenvalue weighted by Crippen LogP contribution is -2.22. The Labute approximate surface area is 89.6 Å². The number of hydrogen-bond donors (Lipinski definition) is 0. The summed E-state index contributed by atoms with van der Waals surface area (Å²) in [6, 6.07) is 0. The van der Waals surface area contributed by atoms with Crippen molar-refractivity contribution >= 4 is 5.97 Å². The second-order valence-corrected chi connectivity index (χ2v) is 3.17. The number of nitrogens with zero attached hydrogens (tertiary/aromatic N) is 2. The van der Waals surface area contributed by atoms with E-state index in [1.807, 2.05) is 12.3 Å². The Morgan fingerprint density at radius 1 is 1.73 bits per heavy atom. The maximum Gasteiger partial charge on any atom is 0.336 e. The summed E-state index contributed by atoms with van der Waals surface area (Å²) in [5.41, 5.74) is 0.867. The van der Waals surface area contributed by atoms with Crippen LogP contribution in [0.25, 0.3) is 4.85 Å². The highest BCUT2D eigenvalue weighted by Crippen LogP contribution is 2.18. The average Bonchev–Trinajstić information content (AvgIpc) is 2.30. The Kier molecular flexibility index (Phi) is 3.92. The van der Waals surface area contributed by atoms with Gasteiger partial charge in [-0.2, -0.15) is 0 Å². The van der Waals surface area contributed by atoms with Crippen molar-refractivity contribution in [1.82, 2.24) is 4.90 Å². The highest BCUT2D eigenvalue weighted by molar-refractivity contribution is 5.91. The molecule has 0 atom stereocenters. The van der Waals surface area contributed by atoms with Crippen LogP contribution in [-0.4, -0.2) is 31.1 Å². The van der Waals surface area contributed by atoms with Crippen LogP contribution in [0.4, 0.5) is 0 Å². The summed E-state index contributed by atoms with van der Waals surface area (Å²) < 4.78 is 4.55. The first-order valence-electron chi connectivity index (χ1n) is 4.84. The van der Waals surface area contributed by atoms with Crippen molar-refractivity contribution in [2.24, 2.45) is 0 Å². The molecule has 1 rings (SSSR count). The first-order valence-corrected chi connectivity index (χ1v) is 4.84. The number of rotatable bonds is 2. The van der Waals surface area contributed by atoms with Crippen molar-refractivity contribution in [2.45, 2.75) is 13.3 Å². The van der Waals surface area contributed by atoms with E-state index in [9.17, 15) is 4.79 Å². The summed E-state index contributed by atoms with van der Waals surface area (Å²) in [6.45, 7) is 10.8. The number of ether oxygens (including phenoxy) is 1. The molecule has 0 aromatic rings. The van der Waals surface area contributed by atoms with E-state index in [4.69, 9.17) is 6.57 Å². The number of carbonyl (C=O) groups excluding carboxylic acids is 1. The van der Waals surface area contributed by atoms with Crippen molar-refractivity contribution in [3.63, 3.8) is 0 Å². The molecule has 0 fully saturated rings. The Morgan fingerprint density at radius 2 is 2.47 bits per heavy atom. The zero-order valence-corrected chi connectivity index (χ0v) is 8.99. The minimum atomic E-state index is -0.547. The summed E-state index contributed by atoms with van der Waals surface area (Å²) in [5, 5.41) is 0. The lowest BCUT2D eigenvalue weighted by molar-refractivity contribution is -0.135. The molecule has 0 aromatic heterocycles. The monoisotopic (exact) mass is 206 g/mol. The third kappa shape index (κ3) is 2.59. The SMILES string of the molecule is [C-]#[N+]C(C(=O)OC)=C1C=CN(CC)CC1. The van der Waals surface area contributed by atoms with E-state index in [0.29, 0.717) is 0 Å². The molecule has 4 heteroatoms. The molecule has 0 radical (unpaired) electrons. The topological polar surface area (TPSA) is 33.9 Å². The molecule has 80 valence electrons. The predicted molar refractivity (Wildman–Crippen MR) is 56.6 cm³/mol. The van der Waals surface area contributed by atoms with Gasteiger partial charge in [0.05, 0.1) is 13.7 Å². The second kappa shape index (κ2) is 5.20. The molecule has 1 aliphatic heterocycles. The lowest BCUT2D eigenvalue weighted by atomic mass is 10.1. The third-order valence-corrected chi connectivity index (χ3v) is 2.36. The molecule has 0 aliphatic carbocycles. The highest BCUT2D eigenvalue weighted by Gasteiger charge is 2.17. The molecular weight excluding hydrogens is 192 g/mol. The summed E-state index contributed by atoms with van der Waals surface area (Å²) in [7, 11) is 1.29. The number of carbonyl (C=O) groups is 1. The largest absolute Gasteiger partial charge is 0.474 e. The summed E-state index contributed by atoms with van der Waals surface area (Å²) in [4.78, 5) is 16.6. The minimum Gasteiger partial charge on any atom is -0.474 e. The van der Waals surface area contributed by atoms with Crippen LogP contribution in [-0.2, 0) is 9.53 Å². The molecule has 15 heavy (non-hydrogen) atoms. The fourth-order valence-electron chi connectivity index (χ4n) is 1.42. The maximum atomic E-state index is 11.3. The van der Waals surface area contributed by atoms with Gasteiger partial charge in [0.25, 0.3) is 5.70 Å². The number of methoxy groups -OCH3 is 1. The van der Waals surface area contributed by atoms with Gasteiger partial charge in [0, 0.05) is 13.1 Å². The van der Waals surface area contributed by atoms with Crippen molar-refractivity contribution < 1.29 is 9.53 Å². The van der Waals surface area contributed by atoms with Crippen molar-refractivity contribution in [1.29, 1.82) is 0 Å². The van der Waals surface area contributed by atoms with E-state index in [2.05, 4.69) is 21.4 Å². The van der Waals surface area contributed by atoms with Crippen molar-refractivity contribution in [3.8, 4) is 0 Å². The number of esters is 1. The molecule has 4 nitrogen and oxygen atoms in total. The standard InChI is InChI=1S/C11H14N2O2/c1-4-13-7-5-9(6-8-13)10(12-2)11(14)15-3/h5,7H,4,6,8H2,1,3H3. The zero-order chi connectivity index (χ0) is 11.3. The van der Waals surface area contributed by atoms with Gasteiger partial charge in [-0.15, -0.1) is 0 Å². The summed E-state index contributed by atoms with van der Waals surface area (Å²) in [6.07, 6.45) is 4.45. The molecule has 0 saturated heterocycles. The van der Waals surface area contributed by atoms with Gasteiger partial charge < -0.3 is 9.64 Å². The van der Waals surface area contributed by atoms with Gasteiger partial charge in [0.2, 0.25) is 0 Å². The number of allylic oxidation sites excluding steroid dienone is 1. The van der Waals surface area contributed by atoms with E-state index in [1.165, 1.54) is 7.11 Å². The predicted octanol–water partition coefficient (Wildman–Crippen LogP) is 1.57. The van der Waals surface area contributed by atoms with Crippen LogP contribution in [0.3, 0.4) is 0 Å². The van der Waals surface area contributed by atoms with Crippen LogP contribution in [0.5, 0.6) is 0 Å². The van der Waals surface area contributed by atoms with Gasteiger partial charge >= 0.3 is 5.97 Å². The van der Waals surface area contributed by atoms with Gasteiger partial charge in [-0.05, 0) is 25.1 Å². The molecule has 0 saturated carbocycles. The van der Waals surface area contributed by atoms with Crippen LogP contribution in [0.1, 0.15) is 13.3 Å². The zero-order valence-electron chi connectivity index (χ0n) is 8.99. The molecule has 0 aromatic carbocycles. The van der Waals surface area contributed by atoms with Crippen LogP contribution < -0.4 is 0 Å². The third-order valence-electron chi connectivity index (χ3n) is 2.36. The molecule has 0 N–H and O–H groups in total. The van der Waals surface area contributed by atoms with Gasteiger partial charge in [-0.1, -0.05) is 6.08 Å². The number of hydrogen-bond acceptors (Lipinski definition) is 3. The van der Waals surface area contributed by atoms with Crippen molar-refractivity contribution in [2.75, 3.05) is 20.2 Å². The quantitative estimate of drug-likeness (QED) is 0.390. The first-order chi connectivity index (χ1) is 7.22. The molecular formula is C11H14N2O2. The molecule has 0 bridgehead atoms. The van der Waals surface area contributed by atoms with Gasteiger partial charge in [0.1, 0.15) is 0 Å². The van der Waals surface area contributed by atoms with Crippen LogP contribution in [0, 0.1) is 6.57 Å². The van der Waals surface area contributed by atoms with Gasteiger partial charge in [0.15, 0.2) is 0 Å². The highest BCUT2D eigenvalue weighted by atomic mass is 16.5. The van der Waals surface area contributed by atoms with E-state index >= 15 is 0 Å². The van der Waals surface area contributed by atoms with E-state index in [-0.39, 0.29) is 5.70 Å². The van der Waals surface area contributed by atoms with Gasteiger partial charge in [-0.25, -0.2) is 4.85 Å². The Hall–Kier alpha value is -1.76. The Morgan fingerprint density at radius 3 is 2.87 bits per heavy atom. The van der Waals surface area contributed by atoms with Gasteiger partial charge in [-0.3, -0.25) is 4.79 Å². The average molecular weight is 206 g/mol. The molecule has 0 amide bonds. The normalized spacial score (nSPS) is 18.3. The smallest absolute Gasteiger partial charge is 0.336 e. The molecule has 1 heterocycles. The maximum absolute atomic E-state index is 11.3. The summed E-state index contributed by atoms with van der Waals surface area (Å²) >= 11 is 0. The fourth-order valence-corrected chi connectivity index (χ4v) is 1.42. The van der Waals surface area contributed by atoms with Crippen LogP contribution in [0.15, 0.2) is 23.5 Å². The fraction of sp³-hybridized carbons (Fsp3) is 0.455. The van der Waals surface area contributed by atoms with E-state index in [0.717, 1.165) is 25.1 Å². The minimum absolute atomic E-state index is 0.101. The molecule has 1 aliphatic rings. The van der Waals surface area contributed by atoms with E-state index in [1.54, 1.807) is 0 Å². The molecule has 0 spiro atoms. The second-order valence-electron chi connectivity index (χ2n) is 3.17. The Bertz CT molecular complexity index is 350. The van der Waals surface area contributed by atoms with Crippen LogP contribution in [0.2, 0.25) is 0 Å². The van der Waals surface area contributed by atoms with E-state index < -0.39 is 5.97 Å². The van der Waals surface area contributed by atoms with Crippen molar-refractivity contribution in [3.05, 3.63) is 35.0 Å². The van der Waals surface area contributed by atoms with Crippen LogP contribution >= 0.6 is 0 Å². The Balaban J connectivity index is 2.91. The first kappa shape index (κ1) is 11.3.